The molecule has 6 nitrogen and oxygen atoms in total. The highest BCUT2D eigenvalue weighted by atomic mass is 35.5. The van der Waals surface area contributed by atoms with Gasteiger partial charge in [-0.2, -0.15) is 8.42 Å². The number of halogens is 1. The van der Waals surface area contributed by atoms with Crippen molar-refractivity contribution in [2.75, 3.05) is 6.61 Å². The molecule has 1 rings (SSSR count). The van der Waals surface area contributed by atoms with Crippen LogP contribution in [-0.4, -0.2) is 32.0 Å². The van der Waals surface area contributed by atoms with E-state index in [2.05, 4.69) is 4.18 Å². The van der Waals surface area contributed by atoms with Crippen LogP contribution in [0.5, 0.6) is 0 Å². The predicted octanol–water partition coefficient (Wildman–Crippen LogP) is 1.22. The molecule has 20 heavy (non-hydrogen) atoms. The van der Waals surface area contributed by atoms with Crippen LogP contribution in [0.2, 0.25) is 5.02 Å². The van der Waals surface area contributed by atoms with Gasteiger partial charge in [-0.15, -0.1) is 0 Å². The maximum Gasteiger partial charge on any atom is 0.333 e. The van der Waals surface area contributed by atoms with E-state index in [9.17, 15) is 13.5 Å². The fourth-order valence-electron chi connectivity index (χ4n) is 1.62. The van der Waals surface area contributed by atoms with Crippen molar-refractivity contribution in [3.63, 3.8) is 0 Å². The number of hydrogen-bond donors (Lipinski definition) is 2. The number of hydrogen-bond acceptors (Lipinski definition) is 5. The minimum atomic E-state index is -4.07. The molecular weight excluding hydrogens is 306 g/mol. The molecule has 0 radical (unpaired) electrons. The Labute approximate surface area is 123 Å². The summed E-state index contributed by atoms with van der Waals surface area (Å²) in [4.78, 5) is 0. The minimum absolute atomic E-state index is 0.277. The summed E-state index contributed by atoms with van der Waals surface area (Å²) in [5, 5.41) is 15.0. The Morgan fingerprint density at radius 2 is 2.00 bits per heavy atom. The molecule has 1 aromatic carbocycles. The van der Waals surface area contributed by atoms with Crippen molar-refractivity contribution in [2.45, 2.75) is 32.2 Å². The highest BCUT2D eigenvalue weighted by molar-refractivity contribution is 7.84. The van der Waals surface area contributed by atoms with Crippen LogP contribution in [0.4, 0.5) is 0 Å². The summed E-state index contributed by atoms with van der Waals surface area (Å²) in [5.74, 6) is -1.44. The van der Waals surface area contributed by atoms with Gasteiger partial charge in [0, 0.05) is 11.4 Å². The van der Waals surface area contributed by atoms with Gasteiger partial charge in [-0.3, -0.25) is 4.18 Å². The molecule has 1 aromatic rings. The smallest absolute Gasteiger partial charge is 0.333 e. The van der Waals surface area contributed by atoms with E-state index in [-0.39, 0.29) is 13.0 Å². The second-order valence-electron chi connectivity index (χ2n) is 4.76. The van der Waals surface area contributed by atoms with Crippen molar-refractivity contribution in [3.05, 3.63) is 34.9 Å². The molecule has 0 aliphatic carbocycles. The first-order chi connectivity index (χ1) is 9.07. The molecule has 8 heteroatoms. The topological polar surface area (TPSA) is 98.8 Å². The van der Waals surface area contributed by atoms with Crippen LogP contribution in [0.3, 0.4) is 0 Å². The van der Waals surface area contributed by atoms with Gasteiger partial charge >= 0.3 is 10.3 Å². The van der Waals surface area contributed by atoms with Gasteiger partial charge in [-0.1, -0.05) is 29.8 Å². The summed E-state index contributed by atoms with van der Waals surface area (Å²) in [6.45, 7) is 2.56. The van der Waals surface area contributed by atoms with E-state index in [1.165, 1.54) is 13.8 Å². The number of aliphatic hydroxyl groups is 1. The first-order valence-corrected chi connectivity index (χ1v) is 7.72. The van der Waals surface area contributed by atoms with Crippen molar-refractivity contribution in [3.8, 4) is 0 Å². The van der Waals surface area contributed by atoms with Gasteiger partial charge in [0.05, 0.1) is 12.7 Å². The monoisotopic (exact) mass is 323 g/mol. The molecule has 0 amide bonds. The summed E-state index contributed by atoms with van der Waals surface area (Å²) in [6, 6.07) is 7.06. The number of rotatable bonds is 7. The van der Waals surface area contributed by atoms with E-state index in [0.29, 0.717) is 5.02 Å². The Morgan fingerprint density at radius 3 is 2.50 bits per heavy atom. The second-order valence-corrected chi connectivity index (χ2v) is 6.39. The van der Waals surface area contributed by atoms with Crippen molar-refractivity contribution in [2.24, 2.45) is 5.14 Å². The Kier molecular flexibility index (Phi) is 5.93. The van der Waals surface area contributed by atoms with E-state index in [1.54, 1.807) is 24.3 Å². The van der Waals surface area contributed by atoms with Crippen LogP contribution >= 0.6 is 11.6 Å². The summed E-state index contributed by atoms with van der Waals surface area (Å²) >= 11 is 6.03. The lowest BCUT2D eigenvalue weighted by atomic mass is 10.1. The second kappa shape index (κ2) is 6.84. The van der Waals surface area contributed by atoms with Gasteiger partial charge in [0.1, 0.15) is 0 Å². The molecule has 0 saturated carbocycles. The van der Waals surface area contributed by atoms with Crippen molar-refractivity contribution in [1.82, 2.24) is 0 Å². The third-order valence-corrected chi connectivity index (χ3v) is 3.11. The van der Waals surface area contributed by atoms with Crippen molar-refractivity contribution < 1.29 is 22.4 Å². The van der Waals surface area contributed by atoms with Crippen LogP contribution in [0.25, 0.3) is 0 Å². The lowest BCUT2D eigenvalue weighted by Gasteiger charge is -2.26. The molecule has 114 valence electrons. The molecule has 1 unspecified atom stereocenters. The summed E-state index contributed by atoms with van der Waals surface area (Å²) < 4.78 is 31.5. The van der Waals surface area contributed by atoms with E-state index in [4.69, 9.17) is 21.5 Å². The Balaban J connectivity index is 2.80. The zero-order valence-electron chi connectivity index (χ0n) is 11.2. The largest absolute Gasteiger partial charge is 0.366 e. The summed E-state index contributed by atoms with van der Waals surface area (Å²) in [7, 11) is -4.07. The van der Waals surface area contributed by atoms with Crippen LogP contribution in [0.15, 0.2) is 24.3 Å². The molecule has 1 atom stereocenters. The quantitative estimate of drug-likeness (QED) is 0.735. The minimum Gasteiger partial charge on any atom is -0.366 e. The molecule has 3 N–H and O–H groups in total. The Morgan fingerprint density at radius 1 is 1.40 bits per heavy atom. The van der Waals surface area contributed by atoms with Crippen LogP contribution in [0.1, 0.15) is 19.4 Å². The first kappa shape index (κ1) is 17.4. The highest BCUT2D eigenvalue weighted by Crippen LogP contribution is 2.20. The van der Waals surface area contributed by atoms with Crippen molar-refractivity contribution >= 4 is 21.9 Å². The summed E-state index contributed by atoms with van der Waals surface area (Å²) in [5.41, 5.74) is 0.751. The van der Waals surface area contributed by atoms with Gasteiger partial charge in [-0.05, 0) is 25.5 Å². The lowest BCUT2D eigenvalue weighted by molar-refractivity contribution is -0.210. The normalized spacial score (nSPS) is 14.2. The van der Waals surface area contributed by atoms with Crippen molar-refractivity contribution in [1.29, 1.82) is 0 Å². The van der Waals surface area contributed by atoms with Gasteiger partial charge < -0.3 is 9.84 Å². The number of ether oxygens (including phenoxy) is 1. The molecule has 0 heterocycles. The van der Waals surface area contributed by atoms with Crippen LogP contribution < -0.4 is 5.14 Å². The summed E-state index contributed by atoms with van der Waals surface area (Å²) in [6.07, 6.45) is -0.438. The third-order valence-electron chi connectivity index (χ3n) is 2.28. The Bertz CT molecular complexity index is 541. The van der Waals surface area contributed by atoms with E-state index in [1.807, 2.05) is 0 Å². The molecule has 0 saturated heterocycles. The number of nitrogens with two attached hydrogens (primary N) is 1. The average Bonchev–Trinajstić information content (AvgIpc) is 2.26. The van der Waals surface area contributed by atoms with E-state index >= 15 is 0 Å². The molecule has 0 spiro atoms. The average molecular weight is 324 g/mol. The Hall–Kier alpha value is -0.700. The molecule has 0 aliphatic rings. The van der Waals surface area contributed by atoms with E-state index in [0.717, 1.165) is 5.56 Å². The maximum absolute atomic E-state index is 10.8. The molecule has 0 aromatic heterocycles. The zero-order valence-corrected chi connectivity index (χ0v) is 12.8. The molecule has 0 fully saturated rings. The zero-order chi connectivity index (χ0) is 15.4. The molecule has 0 aliphatic heterocycles. The van der Waals surface area contributed by atoms with Crippen LogP contribution in [-0.2, 0) is 25.6 Å². The first-order valence-electron chi connectivity index (χ1n) is 5.87. The fourth-order valence-corrected chi connectivity index (χ4v) is 2.18. The van der Waals surface area contributed by atoms with Gasteiger partial charge in [0.25, 0.3) is 0 Å². The van der Waals surface area contributed by atoms with Gasteiger partial charge in [0.15, 0.2) is 5.79 Å². The molecule has 0 bridgehead atoms. The highest BCUT2D eigenvalue weighted by Gasteiger charge is 2.23. The van der Waals surface area contributed by atoms with E-state index < -0.39 is 22.2 Å². The van der Waals surface area contributed by atoms with Crippen LogP contribution in [0, 0.1) is 0 Å². The van der Waals surface area contributed by atoms with Gasteiger partial charge in [0.2, 0.25) is 0 Å². The SMILES string of the molecule is CC(C)(O)OC(COS(N)(=O)=O)Cc1ccccc1Cl. The third kappa shape index (κ3) is 7.18. The molecular formula is C12H18ClNO5S. The standard InChI is InChI=1S/C12H18ClNO5S/c1-12(2,15)19-10(8-18-20(14,16)17)7-9-5-3-4-6-11(9)13/h3-6,10,15H,7-8H2,1-2H3,(H2,14,16,17). The lowest BCUT2D eigenvalue weighted by Crippen LogP contribution is -2.35. The number of benzene rings is 1. The maximum atomic E-state index is 10.8. The predicted molar refractivity (Wildman–Crippen MR) is 75.4 cm³/mol. The fraction of sp³-hybridized carbons (Fsp3) is 0.500. The van der Waals surface area contributed by atoms with Gasteiger partial charge in [-0.25, -0.2) is 5.14 Å².